The van der Waals surface area contributed by atoms with Gasteiger partial charge in [-0.1, -0.05) is 0 Å². The van der Waals surface area contributed by atoms with Crippen LogP contribution in [-0.4, -0.2) is 24.2 Å². The molecule has 0 aromatic carbocycles. The molecule has 0 aromatic heterocycles. The van der Waals surface area contributed by atoms with E-state index in [-0.39, 0.29) is 0 Å². The van der Waals surface area contributed by atoms with Gasteiger partial charge in [0, 0.05) is 0 Å². The van der Waals surface area contributed by atoms with Gasteiger partial charge in [-0.05, 0) is 0 Å². The van der Waals surface area contributed by atoms with Crippen LogP contribution in [0.15, 0.2) is 0 Å². The third-order valence-corrected chi connectivity index (χ3v) is 15.2. The van der Waals surface area contributed by atoms with E-state index in [1.54, 1.807) is 0 Å². The molecule has 1 fully saturated rings. The van der Waals surface area contributed by atoms with Crippen molar-refractivity contribution in [3.05, 3.63) is 0 Å². The first-order valence-corrected chi connectivity index (χ1v) is 15.3. The second-order valence-electron chi connectivity index (χ2n) is 6.04. The Hall–Kier alpha value is 0.469. The normalized spacial score (nSPS) is 36.4. The summed E-state index contributed by atoms with van der Waals surface area (Å²) in [5.74, 6) is 1.13. The van der Waals surface area contributed by atoms with E-state index in [9.17, 15) is 4.79 Å². The van der Waals surface area contributed by atoms with Gasteiger partial charge in [0.2, 0.25) is 0 Å². The summed E-state index contributed by atoms with van der Waals surface area (Å²) >= 11 is -1.92. The quantitative estimate of drug-likeness (QED) is 0.675. The Labute approximate surface area is 86.2 Å². The van der Waals surface area contributed by atoms with Gasteiger partial charge in [0.05, 0.1) is 0 Å². The number of hydrogen-bond acceptors (Lipinski definition) is 1. The molecular weight excluding hydrogens is 267 g/mol. The zero-order valence-electron chi connectivity index (χ0n) is 9.61. The van der Waals surface area contributed by atoms with Crippen LogP contribution < -0.4 is 0 Å². The van der Waals surface area contributed by atoms with Crippen molar-refractivity contribution in [1.29, 1.82) is 0 Å². The molecule has 0 aromatic rings. The molecule has 0 N–H and O–H groups in total. The number of carbonyl (C=O) groups is 1. The van der Waals surface area contributed by atoms with Gasteiger partial charge in [-0.3, -0.25) is 0 Å². The molecule has 2 atom stereocenters. The first-order valence-electron chi connectivity index (χ1n) is 5.26. The Kier molecular flexibility index (Phi) is 3.16. The van der Waals surface area contributed by atoms with E-state index in [4.69, 9.17) is 0 Å². The van der Waals surface area contributed by atoms with Crippen LogP contribution in [0.2, 0.25) is 18.2 Å². The van der Waals surface area contributed by atoms with E-state index in [1.165, 1.54) is 6.42 Å². The molecule has 0 radical (unpaired) electrons. The summed E-state index contributed by atoms with van der Waals surface area (Å²) in [5, 5.41) is 0. The standard InChI is InChI=1S/C8H13O.3CH3.Sn/c1-6-3-7(2)5-8(9)4-6;;;;/h6H,3-5H2,1-2H3;3*1H3;. The van der Waals surface area contributed by atoms with Gasteiger partial charge >= 0.3 is 86.2 Å². The van der Waals surface area contributed by atoms with Gasteiger partial charge in [-0.25, -0.2) is 0 Å². The molecular formula is C11H22OSn. The maximum atomic E-state index is 11.6. The van der Waals surface area contributed by atoms with Gasteiger partial charge in [-0.2, -0.15) is 0 Å². The van der Waals surface area contributed by atoms with Crippen LogP contribution in [0.4, 0.5) is 0 Å². The van der Waals surface area contributed by atoms with Crippen LogP contribution in [0.25, 0.3) is 0 Å². The van der Waals surface area contributed by atoms with Gasteiger partial charge in [0.25, 0.3) is 0 Å². The molecule has 1 aliphatic carbocycles. The summed E-state index contributed by atoms with van der Waals surface area (Å²) in [6.07, 6.45) is 2.99. The van der Waals surface area contributed by atoms with Crippen molar-refractivity contribution in [2.45, 2.75) is 51.4 Å². The van der Waals surface area contributed by atoms with Crippen molar-refractivity contribution in [1.82, 2.24) is 0 Å². The third-order valence-electron chi connectivity index (χ3n) is 3.77. The maximum absolute atomic E-state index is 11.6. The van der Waals surface area contributed by atoms with Crippen molar-refractivity contribution in [2.75, 3.05) is 0 Å². The molecule has 76 valence electrons. The minimum atomic E-state index is -1.92. The number of hydrogen-bond donors (Lipinski definition) is 0. The average molecular weight is 289 g/mol. The molecule has 1 aliphatic rings. The van der Waals surface area contributed by atoms with Crippen LogP contribution in [0.3, 0.4) is 0 Å². The molecule has 0 spiro atoms. The summed E-state index contributed by atoms with van der Waals surface area (Å²) in [6.45, 7) is 4.59. The van der Waals surface area contributed by atoms with Crippen molar-refractivity contribution in [3.63, 3.8) is 0 Å². The molecule has 1 rings (SSSR count). The topological polar surface area (TPSA) is 17.1 Å². The Morgan fingerprint density at radius 1 is 1.38 bits per heavy atom. The first-order chi connectivity index (χ1) is 5.74. The monoisotopic (exact) mass is 290 g/mol. The molecule has 2 unspecified atom stereocenters. The van der Waals surface area contributed by atoms with Gasteiger partial charge < -0.3 is 0 Å². The molecule has 0 amide bonds. The fourth-order valence-electron chi connectivity index (χ4n) is 2.38. The van der Waals surface area contributed by atoms with Crippen molar-refractivity contribution in [2.24, 2.45) is 5.92 Å². The second kappa shape index (κ2) is 3.56. The van der Waals surface area contributed by atoms with E-state index < -0.39 is 18.4 Å². The third kappa shape index (κ3) is 2.48. The van der Waals surface area contributed by atoms with Crippen molar-refractivity contribution < 1.29 is 4.79 Å². The Morgan fingerprint density at radius 3 is 2.31 bits per heavy atom. The van der Waals surface area contributed by atoms with Crippen LogP contribution in [-0.2, 0) is 4.79 Å². The van der Waals surface area contributed by atoms with Crippen LogP contribution >= 0.6 is 0 Å². The minimum absolute atomic E-state index is 0.420. The number of carbonyl (C=O) groups excluding carboxylic acids is 1. The predicted molar refractivity (Wildman–Crippen MR) is 59.7 cm³/mol. The zero-order valence-corrected chi connectivity index (χ0v) is 12.5. The van der Waals surface area contributed by atoms with Crippen LogP contribution in [0.1, 0.15) is 33.1 Å². The number of ketones is 1. The van der Waals surface area contributed by atoms with E-state index in [0.717, 1.165) is 12.8 Å². The summed E-state index contributed by atoms with van der Waals surface area (Å²) in [7, 11) is 0. The van der Waals surface area contributed by atoms with E-state index in [0.29, 0.717) is 15.1 Å². The summed E-state index contributed by atoms with van der Waals surface area (Å²) in [5.41, 5.74) is 0. The first kappa shape index (κ1) is 11.5. The van der Waals surface area contributed by atoms with Gasteiger partial charge in [0.15, 0.2) is 0 Å². The molecule has 1 nitrogen and oxygen atoms in total. The summed E-state index contributed by atoms with van der Waals surface area (Å²) in [4.78, 5) is 18.9. The van der Waals surface area contributed by atoms with Gasteiger partial charge in [-0.15, -0.1) is 0 Å². The fraction of sp³-hybridized carbons (Fsp3) is 0.909. The van der Waals surface area contributed by atoms with Crippen molar-refractivity contribution in [3.8, 4) is 0 Å². The molecule has 1 saturated carbocycles. The Balaban J connectivity index is 2.84. The average Bonchev–Trinajstić information content (AvgIpc) is 1.79. The SMILES string of the molecule is CC1CC(=O)C[C](C)([Sn]([CH3])([CH3])[CH3])C1. The summed E-state index contributed by atoms with van der Waals surface area (Å²) in [6, 6.07) is 0. The van der Waals surface area contributed by atoms with E-state index >= 15 is 0 Å². The molecule has 0 heterocycles. The van der Waals surface area contributed by atoms with E-state index in [2.05, 4.69) is 28.7 Å². The molecule has 0 aliphatic heterocycles. The van der Waals surface area contributed by atoms with Crippen molar-refractivity contribution >= 4 is 24.2 Å². The molecule has 2 heteroatoms. The second-order valence-corrected chi connectivity index (χ2v) is 22.3. The molecule has 13 heavy (non-hydrogen) atoms. The molecule has 0 saturated heterocycles. The van der Waals surface area contributed by atoms with Crippen LogP contribution in [0.5, 0.6) is 0 Å². The summed E-state index contributed by atoms with van der Waals surface area (Å²) < 4.78 is 0.420. The zero-order chi connectivity index (χ0) is 10.3. The number of Topliss-reactive ketones (excluding diaryl/α,β-unsaturated/α-hetero) is 1. The van der Waals surface area contributed by atoms with Gasteiger partial charge in [0.1, 0.15) is 0 Å². The number of rotatable bonds is 1. The molecule has 0 bridgehead atoms. The van der Waals surface area contributed by atoms with Crippen LogP contribution in [0, 0.1) is 5.92 Å². The fourth-order valence-corrected chi connectivity index (χ4v) is 7.20. The Bertz CT molecular complexity index is 217. The Morgan fingerprint density at radius 2 is 1.92 bits per heavy atom. The van der Waals surface area contributed by atoms with E-state index in [1.807, 2.05) is 0 Å². The predicted octanol–water partition coefficient (Wildman–Crippen LogP) is 3.47.